The molecular weight excluding hydrogens is 192 g/mol. The van der Waals surface area contributed by atoms with Gasteiger partial charge in [0, 0.05) is 0 Å². The lowest BCUT2D eigenvalue weighted by molar-refractivity contribution is 0.418. The molecule has 1 atom stereocenters. The van der Waals surface area contributed by atoms with E-state index >= 15 is 0 Å². The summed E-state index contributed by atoms with van der Waals surface area (Å²) in [6, 6.07) is 15.3. The van der Waals surface area contributed by atoms with Gasteiger partial charge in [-0.05, 0) is 34.6 Å². The van der Waals surface area contributed by atoms with Crippen LogP contribution in [-0.2, 0) is 6.42 Å². The Hall–Kier alpha value is -1.30. The first-order valence-electron chi connectivity index (χ1n) is 6.15. The van der Waals surface area contributed by atoms with Gasteiger partial charge in [0.05, 0.1) is 0 Å². The van der Waals surface area contributed by atoms with Crippen LogP contribution >= 0.6 is 0 Å². The summed E-state index contributed by atoms with van der Waals surface area (Å²) < 4.78 is 0. The lowest BCUT2D eigenvalue weighted by atomic mass is 9.89. The Morgan fingerprint density at radius 3 is 2.31 bits per heavy atom. The highest BCUT2D eigenvalue weighted by Crippen LogP contribution is 2.23. The summed E-state index contributed by atoms with van der Waals surface area (Å²) in [6.07, 6.45) is 1.18. The van der Waals surface area contributed by atoms with Crippen LogP contribution in [0.2, 0.25) is 0 Å². The second-order valence-corrected chi connectivity index (χ2v) is 5.06. The van der Waals surface area contributed by atoms with Gasteiger partial charge in [-0.1, -0.05) is 63.2 Å². The molecular formula is C16H20. The molecule has 0 aliphatic carbocycles. The molecule has 0 heterocycles. The van der Waals surface area contributed by atoms with Gasteiger partial charge in [-0.25, -0.2) is 0 Å². The molecule has 0 fully saturated rings. The van der Waals surface area contributed by atoms with Crippen LogP contribution in [0.3, 0.4) is 0 Å². The molecule has 16 heavy (non-hydrogen) atoms. The van der Waals surface area contributed by atoms with Crippen LogP contribution < -0.4 is 0 Å². The number of hydrogen-bond acceptors (Lipinski definition) is 0. The SMILES string of the molecule is CC(C)C(C)Cc1cccc2ccccc12. The summed E-state index contributed by atoms with van der Waals surface area (Å²) in [5.41, 5.74) is 1.49. The zero-order valence-electron chi connectivity index (χ0n) is 10.4. The third-order valence-electron chi connectivity index (χ3n) is 3.56. The number of fused-ring (bicyclic) bond motifs is 1. The first kappa shape index (κ1) is 11.2. The zero-order chi connectivity index (χ0) is 11.5. The van der Waals surface area contributed by atoms with Crippen molar-refractivity contribution in [2.45, 2.75) is 27.2 Å². The van der Waals surface area contributed by atoms with Crippen LogP contribution in [-0.4, -0.2) is 0 Å². The highest BCUT2D eigenvalue weighted by atomic mass is 14.1. The van der Waals surface area contributed by atoms with E-state index in [0.29, 0.717) is 0 Å². The van der Waals surface area contributed by atoms with Crippen molar-refractivity contribution >= 4 is 10.8 Å². The van der Waals surface area contributed by atoms with Crippen LogP contribution in [0.1, 0.15) is 26.3 Å². The Morgan fingerprint density at radius 2 is 1.56 bits per heavy atom. The molecule has 2 rings (SSSR count). The lowest BCUT2D eigenvalue weighted by Crippen LogP contribution is -2.07. The van der Waals surface area contributed by atoms with Crippen molar-refractivity contribution in [3.05, 3.63) is 48.0 Å². The van der Waals surface area contributed by atoms with Crippen molar-refractivity contribution in [1.82, 2.24) is 0 Å². The monoisotopic (exact) mass is 212 g/mol. The molecule has 0 N–H and O–H groups in total. The maximum atomic E-state index is 2.34. The molecule has 0 saturated carbocycles. The largest absolute Gasteiger partial charge is 0.0625 e. The van der Waals surface area contributed by atoms with E-state index in [-0.39, 0.29) is 0 Å². The molecule has 0 radical (unpaired) electrons. The van der Waals surface area contributed by atoms with Crippen molar-refractivity contribution in [1.29, 1.82) is 0 Å². The Morgan fingerprint density at radius 1 is 0.875 bits per heavy atom. The zero-order valence-corrected chi connectivity index (χ0v) is 10.4. The highest BCUT2D eigenvalue weighted by Gasteiger charge is 2.09. The molecule has 84 valence electrons. The predicted octanol–water partition coefficient (Wildman–Crippen LogP) is 4.67. The summed E-state index contributed by atoms with van der Waals surface area (Å²) in [6.45, 7) is 6.94. The van der Waals surface area contributed by atoms with E-state index < -0.39 is 0 Å². The maximum Gasteiger partial charge on any atom is -0.0152 e. The van der Waals surface area contributed by atoms with Crippen LogP contribution in [0.5, 0.6) is 0 Å². The van der Waals surface area contributed by atoms with Gasteiger partial charge in [0.1, 0.15) is 0 Å². The van der Waals surface area contributed by atoms with Crippen molar-refractivity contribution < 1.29 is 0 Å². The predicted molar refractivity (Wildman–Crippen MR) is 71.7 cm³/mol. The average Bonchev–Trinajstić information content (AvgIpc) is 2.29. The van der Waals surface area contributed by atoms with E-state index in [1.54, 1.807) is 0 Å². The van der Waals surface area contributed by atoms with Gasteiger partial charge in [0.25, 0.3) is 0 Å². The third-order valence-corrected chi connectivity index (χ3v) is 3.56. The van der Waals surface area contributed by atoms with Gasteiger partial charge in [0.15, 0.2) is 0 Å². The molecule has 0 amide bonds. The Bertz CT molecular complexity index is 463. The van der Waals surface area contributed by atoms with Gasteiger partial charge in [0.2, 0.25) is 0 Å². The molecule has 0 aliphatic heterocycles. The number of benzene rings is 2. The fourth-order valence-corrected chi connectivity index (χ4v) is 2.05. The van der Waals surface area contributed by atoms with Crippen LogP contribution in [0.25, 0.3) is 10.8 Å². The summed E-state index contributed by atoms with van der Waals surface area (Å²) in [7, 11) is 0. The molecule has 1 unspecified atom stereocenters. The fraction of sp³-hybridized carbons (Fsp3) is 0.375. The van der Waals surface area contributed by atoms with Crippen molar-refractivity contribution in [3.8, 4) is 0 Å². The van der Waals surface area contributed by atoms with E-state index in [0.717, 1.165) is 11.8 Å². The standard InChI is InChI=1S/C16H20/c1-12(2)13(3)11-15-9-6-8-14-7-4-5-10-16(14)15/h4-10,12-13H,11H2,1-3H3. The fourth-order valence-electron chi connectivity index (χ4n) is 2.05. The van der Waals surface area contributed by atoms with Crippen LogP contribution in [0.4, 0.5) is 0 Å². The molecule has 0 spiro atoms. The molecule has 0 bridgehead atoms. The van der Waals surface area contributed by atoms with Gasteiger partial charge in [-0.15, -0.1) is 0 Å². The molecule has 0 nitrogen and oxygen atoms in total. The lowest BCUT2D eigenvalue weighted by Gasteiger charge is -2.16. The van der Waals surface area contributed by atoms with Gasteiger partial charge in [-0.3, -0.25) is 0 Å². The second-order valence-electron chi connectivity index (χ2n) is 5.06. The Kier molecular flexibility index (Phi) is 3.28. The molecule has 0 saturated heterocycles. The first-order valence-corrected chi connectivity index (χ1v) is 6.15. The van der Waals surface area contributed by atoms with Gasteiger partial charge >= 0.3 is 0 Å². The smallest absolute Gasteiger partial charge is 0.0152 e. The topological polar surface area (TPSA) is 0 Å². The first-order chi connectivity index (χ1) is 7.68. The van der Waals surface area contributed by atoms with Crippen molar-refractivity contribution in [2.24, 2.45) is 11.8 Å². The molecule has 0 aromatic heterocycles. The van der Waals surface area contributed by atoms with Gasteiger partial charge < -0.3 is 0 Å². The minimum absolute atomic E-state index is 0.741. The van der Waals surface area contributed by atoms with Gasteiger partial charge in [-0.2, -0.15) is 0 Å². The molecule has 2 aromatic carbocycles. The second kappa shape index (κ2) is 4.69. The summed E-state index contributed by atoms with van der Waals surface area (Å²) in [4.78, 5) is 0. The summed E-state index contributed by atoms with van der Waals surface area (Å²) in [5, 5.41) is 2.77. The summed E-state index contributed by atoms with van der Waals surface area (Å²) in [5.74, 6) is 1.49. The molecule has 0 aliphatic rings. The number of hydrogen-bond donors (Lipinski definition) is 0. The van der Waals surface area contributed by atoms with E-state index in [1.807, 2.05) is 0 Å². The Balaban J connectivity index is 2.37. The van der Waals surface area contributed by atoms with E-state index in [2.05, 4.69) is 63.2 Å². The maximum absolute atomic E-state index is 2.34. The third kappa shape index (κ3) is 2.27. The van der Waals surface area contributed by atoms with Crippen molar-refractivity contribution in [3.63, 3.8) is 0 Å². The van der Waals surface area contributed by atoms with E-state index in [9.17, 15) is 0 Å². The number of rotatable bonds is 3. The van der Waals surface area contributed by atoms with Crippen LogP contribution in [0.15, 0.2) is 42.5 Å². The summed E-state index contributed by atoms with van der Waals surface area (Å²) >= 11 is 0. The molecule has 0 heteroatoms. The van der Waals surface area contributed by atoms with E-state index in [4.69, 9.17) is 0 Å². The average molecular weight is 212 g/mol. The minimum Gasteiger partial charge on any atom is -0.0625 e. The molecule has 2 aromatic rings. The minimum atomic E-state index is 0.741. The van der Waals surface area contributed by atoms with Crippen molar-refractivity contribution in [2.75, 3.05) is 0 Å². The highest BCUT2D eigenvalue weighted by molar-refractivity contribution is 5.85. The Labute approximate surface area is 98.3 Å². The van der Waals surface area contributed by atoms with Crippen LogP contribution in [0, 0.1) is 11.8 Å². The normalized spacial score (nSPS) is 13.2. The quantitative estimate of drug-likeness (QED) is 0.693. The van der Waals surface area contributed by atoms with E-state index in [1.165, 1.54) is 22.8 Å².